The third-order valence-electron chi connectivity index (χ3n) is 4.20. The largest absolute Gasteiger partial charge is 0.341 e. The van der Waals surface area contributed by atoms with E-state index in [9.17, 15) is 0 Å². The third kappa shape index (κ3) is 2.88. The number of hydrogen-bond acceptors (Lipinski definition) is 5. The van der Waals surface area contributed by atoms with Crippen molar-refractivity contribution < 1.29 is 0 Å². The smallest absolute Gasteiger partial charge is 0.247 e. The van der Waals surface area contributed by atoms with E-state index in [0.717, 1.165) is 28.1 Å². The summed E-state index contributed by atoms with van der Waals surface area (Å²) in [6, 6.07) is 17.5. The number of imidazole rings is 1. The number of nitrogens with zero attached hydrogens (tertiary/aromatic N) is 5. The molecule has 0 aliphatic carbocycles. The summed E-state index contributed by atoms with van der Waals surface area (Å²) in [7, 11) is 0. The first kappa shape index (κ1) is 15.8. The summed E-state index contributed by atoms with van der Waals surface area (Å²) in [5.74, 6) is 2.30. The summed E-state index contributed by atoms with van der Waals surface area (Å²) in [5.41, 5.74) is 4.32. The van der Waals surface area contributed by atoms with Gasteiger partial charge in [0.2, 0.25) is 5.95 Å². The molecule has 0 amide bonds. The van der Waals surface area contributed by atoms with E-state index in [-0.39, 0.29) is 0 Å². The highest BCUT2D eigenvalue weighted by Crippen LogP contribution is 2.23. The van der Waals surface area contributed by atoms with E-state index >= 15 is 0 Å². The van der Waals surface area contributed by atoms with Crippen molar-refractivity contribution >= 4 is 39.9 Å². The van der Waals surface area contributed by atoms with Gasteiger partial charge in [0, 0.05) is 23.5 Å². The summed E-state index contributed by atoms with van der Waals surface area (Å²) in [6.07, 6.45) is 1.73. The van der Waals surface area contributed by atoms with Crippen molar-refractivity contribution in [3.63, 3.8) is 0 Å². The molecule has 0 aliphatic heterocycles. The van der Waals surface area contributed by atoms with Gasteiger partial charge in [-0.05, 0) is 30.3 Å². The van der Waals surface area contributed by atoms with Gasteiger partial charge in [-0.25, -0.2) is 9.97 Å². The van der Waals surface area contributed by atoms with E-state index in [1.54, 1.807) is 10.7 Å². The van der Waals surface area contributed by atoms with Crippen LogP contribution in [0.15, 0.2) is 60.8 Å². The van der Waals surface area contributed by atoms with Crippen molar-refractivity contribution in [2.75, 3.05) is 5.32 Å². The molecule has 5 aromatic rings. The Morgan fingerprint density at radius 2 is 1.93 bits per heavy atom. The maximum Gasteiger partial charge on any atom is 0.247 e. The Labute approximate surface area is 159 Å². The van der Waals surface area contributed by atoms with Crippen LogP contribution < -0.4 is 5.32 Å². The average Bonchev–Trinajstić information content (AvgIpc) is 3.30. The summed E-state index contributed by atoms with van der Waals surface area (Å²) in [5, 5.41) is 7.78. The molecule has 3 aromatic heterocycles. The predicted octanol–water partition coefficient (Wildman–Crippen LogP) is 4.15. The molecular formula is C19H14ClN7. The van der Waals surface area contributed by atoms with Crippen LogP contribution >= 0.6 is 11.6 Å². The molecule has 0 unspecified atom stereocenters. The molecule has 0 atom stereocenters. The van der Waals surface area contributed by atoms with E-state index in [1.807, 2.05) is 54.6 Å². The topological polar surface area (TPSA) is 83.8 Å². The van der Waals surface area contributed by atoms with Crippen LogP contribution in [0.25, 0.3) is 28.1 Å². The van der Waals surface area contributed by atoms with E-state index < -0.39 is 0 Å². The minimum atomic E-state index is 0.343. The molecule has 0 bridgehead atoms. The van der Waals surface area contributed by atoms with Crippen molar-refractivity contribution in [1.82, 2.24) is 29.5 Å². The van der Waals surface area contributed by atoms with Gasteiger partial charge in [-0.1, -0.05) is 18.2 Å². The second-order valence-corrected chi connectivity index (χ2v) is 6.28. The van der Waals surface area contributed by atoms with Gasteiger partial charge in [0.15, 0.2) is 11.5 Å². The molecule has 8 heteroatoms. The van der Waals surface area contributed by atoms with Gasteiger partial charge in [0.25, 0.3) is 0 Å². The second kappa shape index (κ2) is 6.37. The number of benzene rings is 2. The average molecular weight is 376 g/mol. The van der Waals surface area contributed by atoms with Crippen molar-refractivity contribution in [3.05, 3.63) is 66.6 Å². The number of hydrogen-bond donors (Lipinski definition) is 2. The molecule has 0 fully saturated rings. The first-order chi connectivity index (χ1) is 13.3. The third-order valence-corrected chi connectivity index (χ3v) is 4.45. The van der Waals surface area contributed by atoms with Crippen LogP contribution in [0.3, 0.4) is 0 Å². The number of aromatic amines is 1. The van der Waals surface area contributed by atoms with Gasteiger partial charge in [0.05, 0.1) is 16.9 Å². The molecule has 5 rings (SSSR count). The zero-order valence-electron chi connectivity index (χ0n) is 14.1. The molecule has 27 heavy (non-hydrogen) atoms. The van der Waals surface area contributed by atoms with Gasteiger partial charge in [-0.2, -0.15) is 9.50 Å². The van der Waals surface area contributed by atoms with Crippen molar-refractivity contribution in [3.8, 4) is 11.4 Å². The number of alkyl halides is 1. The molecular weight excluding hydrogens is 362 g/mol. The van der Waals surface area contributed by atoms with Gasteiger partial charge in [-0.3, -0.25) is 0 Å². The molecule has 132 valence electrons. The van der Waals surface area contributed by atoms with E-state index in [1.165, 1.54) is 0 Å². The zero-order chi connectivity index (χ0) is 18.2. The molecule has 3 heterocycles. The summed E-state index contributed by atoms with van der Waals surface area (Å²) in [4.78, 5) is 16.7. The Bertz CT molecular complexity index is 1240. The number of halogens is 1. The van der Waals surface area contributed by atoms with Gasteiger partial charge in [-0.15, -0.1) is 16.7 Å². The first-order valence-corrected chi connectivity index (χ1v) is 8.92. The van der Waals surface area contributed by atoms with Crippen molar-refractivity contribution in [2.24, 2.45) is 0 Å². The monoisotopic (exact) mass is 375 g/mol. The Balaban J connectivity index is 1.58. The minimum absolute atomic E-state index is 0.343. The summed E-state index contributed by atoms with van der Waals surface area (Å²) < 4.78 is 1.73. The minimum Gasteiger partial charge on any atom is -0.341 e. The lowest BCUT2D eigenvalue weighted by Crippen LogP contribution is -1.98. The lowest BCUT2D eigenvalue weighted by molar-refractivity contribution is 0.937. The van der Waals surface area contributed by atoms with Crippen molar-refractivity contribution in [2.45, 2.75) is 5.88 Å². The normalized spacial score (nSPS) is 11.3. The van der Waals surface area contributed by atoms with Crippen molar-refractivity contribution in [1.29, 1.82) is 0 Å². The molecule has 2 aromatic carbocycles. The summed E-state index contributed by atoms with van der Waals surface area (Å²) in [6.45, 7) is 0. The number of aromatic nitrogens is 6. The fourth-order valence-electron chi connectivity index (χ4n) is 2.98. The Kier molecular flexibility index (Phi) is 3.72. The fourth-order valence-corrected chi connectivity index (χ4v) is 3.11. The predicted molar refractivity (Wildman–Crippen MR) is 105 cm³/mol. The van der Waals surface area contributed by atoms with E-state index in [4.69, 9.17) is 11.6 Å². The molecule has 0 saturated carbocycles. The molecule has 7 nitrogen and oxygen atoms in total. The maximum atomic E-state index is 5.87. The highest BCUT2D eigenvalue weighted by Gasteiger charge is 2.12. The number of nitrogens with one attached hydrogen (secondary N) is 2. The highest BCUT2D eigenvalue weighted by molar-refractivity contribution is 6.16. The first-order valence-electron chi connectivity index (χ1n) is 8.39. The highest BCUT2D eigenvalue weighted by atomic mass is 35.5. The number of fused-ring (bicyclic) bond motifs is 2. The van der Waals surface area contributed by atoms with Crippen LogP contribution in [0.5, 0.6) is 0 Å². The Morgan fingerprint density at radius 1 is 1.04 bits per heavy atom. The lowest BCUT2D eigenvalue weighted by atomic mass is 10.2. The molecule has 0 saturated heterocycles. The number of anilines is 2. The van der Waals surface area contributed by atoms with Crippen LogP contribution in [0.2, 0.25) is 0 Å². The summed E-state index contributed by atoms with van der Waals surface area (Å²) >= 11 is 5.87. The van der Waals surface area contributed by atoms with Gasteiger partial charge in [0.1, 0.15) is 5.82 Å². The van der Waals surface area contributed by atoms with Crippen LogP contribution in [-0.2, 0) is 5.88 Å². The van der Waals surface area contributed by atoms with Crippen LogP contribution in [0, 0.1) is 0 Å². The van der Waals surface area contributed by atoms with Crippen LogP contribution in [0.4, 0.5) is 11.6 Å². The Hall–Kier alpha value is -3.45. The van der Waals surface area contributed by atoms with Gasteiger partial charge < -0.3 is 10.3 Å². The molecule has 0 aliphatic rings. The standard InChI is InChI=1S/C19H14ClN7/c20-11-16-23-14-7-6-12(10-15(14)24-16)18-21-9-8-17-25-19(26-27(17)18)22-13-4-2-1-3-5-13/h1-10H,11H2,(H,22,26)(H,23,24). The fraction of sp³-hybridized carbons (Fsp3) is 0.0526. The van der Waals surface area contributed by atoms with E-state index in [0.29, 0.717) is 23.3 Å². The van der Waals surface area contributed by atoms with Crippen LogP contribution in [-0.4, -0.2) is 29.5 Å². The zero-order valence-corrected chi connectivity index (χ0v) is 14.9. The molecule has 0 spiro atoms. The number of rotatable bonds is 4. The second-order valence-electron chi connectivity index (χ2n) is 6.01. The number of para-hydroxylation sites is 1. The molecule has 0 radical (unpaired) electrons. The SMILES string of the molecule is ClCc1nc2ccc(-c3nccc4nc(Nc5ccccc5)nn34)cc2[nH]1. The molecule has 2 N–H and O–H groups in total. The maximum absolute atomic E-state index is 5.87. The van der Waals surface area contributed by atoms with E-state index in [2.05, 4.69) is 30.4 Å². The lowest BCUT2D eigenvalue weighted by Gasteiger charge is -2.03. The number of H-pyrrole nitrogens is 1. The van der Waals surface area contributed by atoms with Gasteiger partial charge >= 0.3 is 0 Å². The quantitative estimate of drug-likeness (QED) is 0.461. The van der Waals surface area contributed by atoms with Crippen LogP contribution in [0.1, 0.15) is 5.82 Å². The Morgan fingerprint density at radius 3 is 2.78 bits per heavy atom.